The number of benzene rings is 1. The Morgan fingerprint density at radius 2 is 1.90 bits per heavy atom. The second kappa shape index (κ2) is 8.77. The Morgan fingerprint density at radius 3 is 2.40 bits per heavy atom. The van der Waals surface area contributed by atoms with Crippen LogP contribution in [0.4, 0.5) is 0 Å². The number of nitrogens with zero attached hydrogens (tertiary/aromatic N) is 2. The van der Waals surface area contributed by atoms with Crippen molar-refractivity contribution >= 4 is 23.2 Å². The Balaban J connectivity index is 2.75. The van der Waals surface area contributed by atoms with Gasteiger partial charge in [-0.2, -0.15) is 5.26 Å². The van der Waals surface area contributed by atoms with Crippen LogP contribution in [0.15, 0.2) is 35.5 Å². The lowest BCUT2D eigenvalue weighted by Gasteiger charge is -2.14. The molecule has 0 radical (unpaired) electrons. The van der Waals surface area contributed by atoms with Crippen LogP contribution in [0.1, 0.15) is 13.8 Å². The molecule has 108 valence electrons. The highest BCUT2D eigenvalue weighted by Crippen LogP contribution is 2.60. The number of para-hydroxylation sites is 1. The van der Waals surface area contributed by atoms with Gasteiger partial charge >= 0.3 is 6.80 Å². The quantitative estimate of drug-likeness (QED) is 0.329. The van der Waals surface area contributed by atoms with E-state index in [0.29, 0.717) is 17.1 Å². The first-order chi connectivity index (χ1) is 9.63. The molecule has 0 aliphatic carbocycles. The fourth-order valence-corrected chi connectivity index (χ4v) is 4.09. The van der Waals surface area contributed by atoms with Crippen LogP contribution in [-0.2, 0) is 13.6 Å². The third-order valence-electron chi connectivity index (χ3n) is 1.85. The van der Waals surface area contributed by atoms with Crippen LogP contribution in [0.25, 0.3) is 0 Å². The fraction of sp³-hybridized carbons (Fsp3) is 0.333. The van der Waals surface area contributed by atoms with E-state index in [9.17, 15) is 4.57 Å². The highest BCUT2D eigenvalue weighted by molar-refractivity contribution is 8.62. The average molecular weight is 314 g/mol. The minimum absolute atomic E-state index is 0.126. The van der Waals surface area contributed by atoms with Crippen LogP contribution < -0.4 is 4.84 Å². The van der Waals surface area contributed by atoms with Crippen molar-refractivity contribution in [2.75, 3.05) is 13.2 Å². The van der Waals surface area contributed by atoms with Gasteiger partial charge in [0, 0.05) is 11.4 Å². The molecule has 1 rings (SSSR count). The molecule has 0 atom stereocenters. The molecule has 0 aliphatic heterocycles. The fourth-order valence-electron chi connectivity index (χ4n) is 1.15. The van der Waals surface area contributed by atoms with E-state index in [1.54, 1.807) is 44.2 Å². The van der Waals surface area contributed by atoms with Crippen LogP contribution in [-0.4, -0.2) is 18.3 Å². The zero-order valence-electron chi connectivity index (χ0n) is 11.2. The molecule has 0 unspecified atom stereocenters. The SMILES string of the molecule is CCOP(=O)(OCC)SC(C#N)=NOc1ccccc1. The van der Waals surface area contributed by atoms with E-state index in [0.717, 1.165) is 0 Å². The van der Waals surface area contributed by atoms with Crippen molar-refractivity contribution in [3.8, 4) is 11.8 Å². The summed E-state index contributed by atoms with van der Waals surface area (Å²) in [7, 11) is 0. The van der Waals surface area contributed by atoms with Crippen molar-refractivity contribution in [1.82, 2.24) is 0 Å². The molecule has 0 amide bonds. The smallest absolute Gasteiger partial charge is 0.355 e. The topological polar surface area (TPSA) is 80.9 Å². The summed E-state index contributed by atoms with van der Waals surface area (Å²) in [6.45, 7) is 0.373. The number of hydrogen-bond acceptors (Lipinski definition) is 7. The van der Waals surface area contributed by atoms with Gasteiger partial charge in [-0.25, -0.2) is 4.57 Å². The molecule has 0 aromatic heterocycles. The normalized spacial score (nSPS) is 11.9. The van der Waals surface area contributed by atoms with E-state index >= 15 is 0 Å². The van der Waals surface area contributed by atoms with Crippen LogP contribution in [0.2, 0.25) is 0 Å². The monoisotopic (exact) mass is 314 g/mol. The van der Waals surface area contributed by atoms with E-state index in [-0.39, 0.29) is 18.3 Å². The lowest BCUT2D eigenvalue weighted by molar-refractivity contribution is 0.237. The molecular formula is C12H15N2O4PS. The van der Waals surface area contributed by atoms with Gasteiger partial charge in [-0.15, -0.1) is 0 Å². The van der Waals surface area contributed by atoms with Gasteiger partial charge in [0.15, 0.2) is 5.75 Å². The summed E-state index contributed by atoms with van der Waals surface area (Å²) < 4.78 is 22.4. The molecular weight excluding hydrogens is 299 g/mol. The summed E-state index contributed by atoms with van der Waals surface area (Å²) in [6, 6.07) is 10.6. The maximum atomic E-state index is 12.2. The summed E-state index contributed by atoms with van der Waals surface area (Å²) in [6.07, 6.45) is 0. The summed E-state index contributed by atoms with van der Waals surface area (Å²) in [5.74, 6) is 0.475. The molecule has 0 heterocycles. The van der Waals surface area contributed by atoms with Gasteiger partial charge in [0.25, 0.3) is 0 Å². The summed E-state index contributed by atoms with van der Waals surface area (Å²) in [5, 5.41) is 12.5. The molecule has 6 nitrogen and oxygen atoms in total. The number of nitriles is 1. The molecule has 1 aromatic rings. The highest BCUT2D eigenvalue weighted by atomic mass is 32.7. The van der Waals surface area contributed by atoms with E-state index in [4.69, 9.17) is 19.1 Å². The van der Waals surface area contributed by atoms with Gasteiger partial charge in [0.05, 0.1) is 13.2 Å². The van der Waals surface area contributed by atoms with Crippen molar-refractivity contribution in [2.24, 2.45) is 5.16 Å². The minimum atomic E-state index is -3.43. The van der Waals surface area contributed by atoms with Crippen molar-refractivity contribution in [1.29, 1.82) is 5.26 Å². The predicted molar refractivity (Wildman–Crippen MR) is 78.6 cm³/mol. The van der Waals surface area contributed by atoms with Gasteiger partial charge in [-0.3, -0.25) is 0 Å². The lowest BCUT2D eigenvalue weighted by atomic mass is 10.3. The molecule has 1 aromatic carbocycles. The first-order valence-electron chi connectivity index (χ1n) is 5.92. The lowest BCUT2D eigenvalue weighted by Crippen LogP contribution is -1.98. The third kappa shape index (κ3) is 5.76. The summed E-state index contributed by atoms with van der Waals surface area (Å²) >= 11 is 0.636. The van der Waals surface area contributed by atoms with Crippen molar-refractivity contribution in [2.45, 2.75) is 13.8 Å². The molecule has 20 heavy (non-hydrogen) atoms. The number of hydrogen-bond donors (Lipinski definition) is 0. The maximum absolute atomic E-state index is 12.2. The Hall–Kier alpha value is -1.32. The third-order valence-corrected chi connectivity index (χ3v) is 5.38. The van der Waals surface area contributed by atoms with Gasteiger partial charge in [-0.1, -0.05) is 23.4 Å². The second-order valence-corrected chi connectivity index (χ2v) is 7.16. The van der Waals surface area contributed by atoms with Crippen LogP contribution in [0.5, 0.6) is 5.75 Å². The standard InChI is InChI=1S/C12H15N2O4PS/c1-3-16-19(15,17-4-2)20-12(10-13)14-18-11-8-6-5-7-9-11/h5-9H,3-4H2,1-2H3. The van der Waals surface area contributed by atoms with Crippen molar-refractivity contribution in [3.63, 3.8) is 0 Å². The summed E-state index contributed by atoms with van der Waals surface area (Å²) in [4.78, 5) is 5.07. The molecule has 0 aliphatic rings. The molecule has 0 saturated carbocycles. The van der Waals surface area contributed by atoms with Crippen LogP contribution >= 0.6 is 18.2 Å². The van der Waals surface area contributed by atoms with Gasteiger partial charge < -0.3 is 13.9 Å². The molecule has 0 N–H and O–H groups in total. The molecule has 8 heteroatoms. The Labute approximate surface area is 122 Å². The molecule has 0 spiro atoms. The van der Waals surface area contributed by atoms with Gasteiger partial charge in [0.1, 0.15) is 6.07 Å². The van der Waals surface area contributed by atoms with Gasteiger partial charge in [-0.05, 0) is 26.0 Å². The van der Waals surface area contributed by atoms with E-state index < -0.39 is 6.80 Å². The first-order valence-corrected chi connectivity index (χ1v) is 8.88. The average Bonchev–Trinajstić information content (AvgIpc) is 2.45. The first kappa shape index (κ1) is 16.7. The highest BCUT2D eigenvalue weighted by Gasteiger charge is 2.28. The van der Waals surface area contributed by atoms with Gasteiger partial charge in [0.2, 0.25) is 5.04 Å². The van der Waals surface area contributed by atoms with E-state index in [2.05, 4.69) is 5.16 Å². The van der Waals surface area contributed by atoms with Crippen molar-refractivity contribution in [3.05, 3.63) is 30.3 Å². The molecule has 0 saturated heterocycles. The summed E-state index contributed by atoms with van der Waals surface area (Å²) in [5.41, 5.74) is 0. The second-order valence-electron chi connectivity index (χ2n) is 3.29. The zero-order chi connectivity index (χ0) is 14.8. The van der Waals surface area contributed by atoms with Crippen molar-refractivity contribution < 1.29 is 18.5 Å². The Morgan fingerprint density at radius 1 is 1.30 bits per heavy atom. The minimum Gasteiger partial charge on any atom is -0.355 e. The zero-order valence-corrected chi connectivity index (χ0v) is 12.9. The maximum Gasteiger partial charge on any atom is 0.396 e. The predicted octanol–water partition coefficient (Wildman–Crippen LogP) is 3.82. The Kier molecular flexibility index (Phi) is 7.34. The van der Waals surface area contributed by atoms with E-state index in [1.165, 1.54) is 0 Å². The van der Waals surface area contributed by atoms with E-state index in [1.807, 2.05) is 6.07 Å². The molecule has 0 fully saturated rings. The largest absolute Gasteiger partial charge is 0.396 e. The molecule has 0 bridgehead atoms. The van der Waals surface area contributed by atoms with Crippen LogP contribution in [0, 0.1) is 11.3 Å². The number of rotatable bonds is 7. The Bertz CT molecular complexity index is 520. The number of oxime groups is 1. The van der Waals surface area contributed by atoms with Crippen LogP contribution in [0.3, 0.4) is 0 Å².